The summed E-state index contributed by atoms with van der Waals surface area (Å²) in [7, 11) is 1.54. The van der Waals surface area contributed by atoms with E-state index >= 15 is 0 Å². The summed E-state index contributed by atoms with van der Waals surface area (Å²) >= 11 is 0. The topological polar surface area (TPSA) is 84.9 Å². The molecule has 0 saturated carbocycles. The Morgan fingerprint density at radius 3 is 2.32 bits per heavy atom. The van der Waals surface area contributed by atoms with Crippen LogP contribution >= 0.6 is 0 Å². The highest BCUT2D eigenvalue weighted by atomic mass is 16.5. The zero-order chi connectivity index (χ0) is 22.5. The maximum Gasteiger partial charge on any atom is 0.329 e. The van der Waals surface area contributed by atoms with Crippen LogP contribution in [0.2, 0.25) is 0 Å². The van der Waals surface area contributed by atoms with E-state index in [9.17, 15) is 14.4 Å². The SMILES string of the molecule is COc1ccc(C(=O)N[C@H](C(=O)O[C@H](C)C(=O)N2CCc3ccccc32)C(C)C)cc1. The number of anilines is 1. The normalized spacial score (nSPS) is 14.5. The molecule has 2 atom stereocenters. The molecule has 2 aromatic carbocycles. The summed E-state index contributed by atoms with van der Waals surface area (Å²) in [6.07, 6.45) is -0.187. The molecule has 1 heterocycles. The van der Waals surface area contributed by atoms with Gasteiger partial charge in [-0.1, -0.05) is 32.0 Å². The minimum absolute atomic E-state index is 0.218. The van der Waals surface area contributed by atoms with Gasteiger partial charge in [0, 0.05) is 17.8 Å². The predicted octanol–water partition coefficient (Wildman–Crippen LogP) is 2.97. The highest BCUT2D eigenvalue weighted by Gasteiger charge is 2.33. The van der Waals surface area contributed by atoms with E-state index in [4.69, 9.17) is 9.47 Å². The number of amides is 2. The standard InChI is InChI=1S/C24H28N2O5/c1-15(2)21(25-22(27)18-9-11-19(30-4)12-10-18)24(29)31-16(3)23(28)26-14-13-17-7-5-6-8-20(17)26/h5-12,15-16,21H,13-14H2,1-4H3,(H,25,27)/t16-,21+/m1/s1. The number of methoxy groups -OCH3 is 1. The van der Waals surface area contributed by atoms with Crippen molar-refractivity contribution in [3.05, 3.63) is 59.7 Å². The summed E-state index contributed by atoms with van der Waals surface area (Å²) in [5, 5.41) is 2.72. The number of para-hydroxylation sites is 1. The first-order chi connectivity index (χ1) is 14.8. The van der Waals surface area contributed by atoms with Gasteiger partial charge in [-0.2, -0.15) is 0 Å². The number of esters is 1. The zero-order valence-electron chi connectivity index (χ0n) is 18.3. The number of carbonyl (C=O) groups is 3. The first kappa shape index (κ1) is 22.3. The lowest BCUT2D eigenvalue weighted by Crippen LogP contribution is -2.48. The molecule has 7 heteroatoms. The largest absolute Gasteiger partial charge is 0.497 e. The van der Waals surface area contributed by atoms with E-state index < -0.39 is 24.0 Å². The van der Waals surface area contributed by atoms with Gasteiger partial charge in [-0.15, -0.1) is 0 Å². The summed E-state index contributed by atoms with van der Waals surface area (Å²) in [6.45, 7) is 5.73. The van der Waals surface area contributed by atoms with Crippen LogP contribution in [0.15, 0.2) is 48.5 Å². The third-order valence-electron chi connectivity index (χ3n) is 5.35. The van der Waals surface area contributed by atoms with Gasteiger partial charge in [0.1, 0.15) is 11.8 Å². The highest BCUT2D eigenvalue weighted by molar-refractivity contribution is 6.00. The molecule has 3 rings (SSSR count). The molecule has 0 unspecified atom stereocenters. The maximum atomic E-state index is 12.9. The van der Waals surface area contributed by atoms with Crippen molar-refractivity contribution in [1.29, 1.82) is 0 Å². The van der Waals surface area contributed by atoms with Gasteiger partial charge < -0.3 is 19.7 Å². The molecule has 2 amide bonds. The van der Waals surface area contributed by atoms with Gasteiger partial charge in [-0.05, 0) is 55.2 Å². The van der Waals surface area contributed by atoms with E-state index in [2.05, 4.69) is 5.32 Å². The van der Waals surface area contributed by atoms with Gasteiger partial charge in [-0.25, -0.2) is 4.79 Å². The van der Waals surface area contributed by atoms with Gasteiger partial charge >= 0.3 is 5.97 Å². The molecule has 0 spiro atoms. The molecular weight excluding hydrogens is 396 g/mol. The number of hydrogen-bond acceptors (Lipinski definition) is 5. The van der Waals surface area contributed by atoms with E-state index in [-0.39, 0.29) is 11.8 Å². The molecule has 0 aromatic heterocycles. The number of nitrogens with zero attached hydrogens (tertiary/aromatic N) is 1. The quantitative estimate of drug-likeness (QED) is 0.691. The Balaban J connectivity index is 1.64. The van der Waals surface area contributed by atoms with Gasteiger partial charge in [0.05, 0.1) is 7.11 Å². The van der Waals surface area contributed by atoms with Crippen LogP contribution in [0.4, 0.5) is 5.69 Å². The number of hydrogen-bond donors (Lipinski definition) is 1. The maximum absolute atomic E-state index is 12.9. The average molecular weight is 424 g/mol. The fraction of sp³-hybridized carbons (Fsp3) is 0.375. The molecule has 2 aromatic rings. The summed E-state index contributed by atoms with van der Waals surface area (Å²) < 4.78 is 10.6. The molecule has 1 aliphatic rings. The molecule has 1 aliphatic heterocycles. The van der Waals surface area contributed by atoms with Crippen molar-refractivity contribution in [2.75, 3.05) is 18.6 Å². The zero-order valence-corrected chi connectivity index (χ0v) is 18.3. The lowest BCUT2D eigenvalue weighted by Gasteiger charge is -2.25. The second-order valence-electron chi connectivity index (χ2n) is 7.87. The number of fused-ring (bicyclic) bond motifs is 1. The number of ether oxygens (including phenoxy) is 2. The van der Waals surface area contributed by atoms with Crippen LogP contribution in [0.1, 0.15) is 36.7 Å². The minimum atomic E-state index is -0.960. The van der Waals surface area contributed by atoms with Gasteiger partial charge in [0.25, 0.3) is 11.8 Å². The van der Waals surface area contributed by atoms with Crippen LogP contribution < -0.4 is 15.0 Å². The third kappa shape index (κ3) is 5.05. The molecule has 164 valence electrons. The van der Waals surface area contributed by atoms with Crippen molar-refractivity contribution in [3.63, 3.8) is 0 Å². The summed E-state index contributed by atoms with van der Waals surface area (Å²) in [4.78, 5) is 39.9. The second kappa shape index (κ2) is 9.64. The van der Waals surface area contributed by atoms with Crippen molar-refractivity contribution in [2.24, 2.45) is 5.92 Å². The molecule has 0 saturated heterocycles. The summed E-state index contributed by atoms with van der Waals surface area (Å²) in [5.41, 5.74) is 2.35. The summed E-state index contributed by atoms with van der Waals surface area (Å²) in [5.74, 6) is -0.894. The van der Waals surface area contributed by atoms with E-state index in [0.29, 0.717) is 17.9 Å². The molecule has 7 nitrogen and oxygen atoms in total. The van der Waals surface area contributed by atoms with Crippen LogP contribution in [0.25, 0.3) is 0 Å². The number of nitrogens with one attached hydrogen (secondary N) is 1. The minimum Gasteiger partial charge on any atom is -0.497 e. The Morgan fingerprint density at radius 2 is 1.68 bits per heavy atom. The van der Waals surface area contributed by atoms with Crippen LogP contribution in [0.5, 0.6) is 5.75 Å². The number of rotatable bonds is 7. The van der Waals surface area contributed by atoms with Crippen LogP contribution in [0, 0.1) is 5.92 Å². The van der Waals surface area contributed by atoms with Crippen molar-refractivity contribution in [2.45, 2.75) is 39.3 Å². The van der Waals surface area contributed by atoms with Crippen molar-refractivity contribution in [3.8, 4) is 5.75 Å². The molecule has 1 N–H and O–H groups in total. The lowest BCUT2D eigenvalue weighted by atomic mass is 10.0. The van der Waals surface area contributed by atoms with Crippen molar-refractivity contribution < 1.29 is 23.9 Å². The van der Waals surface area contributed by atoms with Gasteiger partial charge in [0.15, 0.2) is 6.10 Å². The van der Waals surface area contributed by atoms with Crippen LogP contribution in [0.3, 0.4) is 0 Å². The smallest absolute Gasteiger partial charge is 0.329 e. The Bertz CT molecular complexity index is 955. The fourth-order valence-electron chi connectivity index (χ4n) is 3.55. The molecule has 0 aliphatic carbocycles. The van der Waals surface area contributed by atoms with Gasteiger partial charge in [0.2, 0.25) is 0 Å². The number of benzene rings is 2. The Morgan fingerprint density at radius 1 is 1.00 bits per heavy atom. The second-order valence-corrected chi connectivity index (χ2v) is 7.87. The van der Waals surface area contributed by atoms with E-state index in [0.717, 1.165) is 17.7 Å². The Hall–Kier alpha value is -3.35. The lowest BCUT2D eigenvalue weighted by molar-refractivity contribution is -0.156. The monoisotopic (exact) mass is 424 g/mol. The first-order valence-corrected chi connectivity index (χ1v) is 10.4. The van der Waals surface area contributed by atoms with E-state index in [1.54, 1.807) is 43.2 Å². The Kier molecular flexibility index (Phi) is 6.95. The number of carbonyl (C=O) groups excluding carboxylic acids is 3. The van der Waals surface area contributed by atoms with E-state index in [1.807, 2.05) is 38.1 Å². The fourth-order valence-corrected chi connectivity index (χ4v) is 3.55. The average Bonchev–Trinajstić information content (AvgIpc) is 3.20. The molecular formula is C24H28N2O5. The third-order valence-corrected chi connectivity index (χ3v) is 5.35. The van der Waals surface area contributed by atoms with Crippen LogP contribution in [-0.2, 0) is 20.7 Å². The molecule has 31 heavy (non-hydrogen) atoms. The summed E-state index contributed by atoms with van der Waals surface area (Å²) in [6, 6.07) is 13.4. The first-order valence-electron chi connectivity index (χ1n) is 10.4. The highest BCUT2D eigenvalue weighted by Crippen LogP contribution is 2.28. The molecule has 0 fully saturated rings. The Labute approximate surface area is 182 Å². The molecule has 0 bridgehead atoms. The molecule has 0 radical (unpaired) electrons. The van der Waals surface area contributed by atoms with E-state index in [1.165, 1.54) is 0 Å². The van der Waals surface area contributed by atoms with Crippen LogP contribution in [-0.4, -0.2) is 43.6 Å². The van der Waals surface area contributed by atoms with Crippen molar-refractivity contribution >= 4 is 23.5 Å². The van der Waals surface area contributed by atoms with Gasteiger partial charge in [-0.3, -0.25) is 9.59 Å². The predicted molar refractivity (Wildman–Crippen MR) is 117 cm³/mol. The van der Waals surface area contributed by atoms with Crippen molar-refractivity contribution in [1.82, 2.24) is 5.32 Å².